The predicted octanol–water partition coefficient (Wildman–Crippen LogP) is 7.40. The number of rotatable bonds is 6. The summed E-state index contributed by atoms with van der Waals surface area (Å²) < 4.78 is 33.7. The van der Waals surface area contributed by atoms with Crippen LogP contribution in [0.25, 0.3) is 16.7 Å². The molecule has 0 heterocycles. The minimum absolute atomic E-state index is 0.0436. The first-order valence-electron chi connectivity index (χ1n) is 9.88. The molecule has 0 amide bonds. The minimum Gasteiger partial charge on any atom is -0.491 e. The largest absolute Gasteiger partial charge is 0.491 e. The second kappa shape index (κ2) is 8.24. The van der Waals surface area contributed by atoms with Crippen molar-refractivity contribution in [3.05, 3.63) is 59.7 Å². The molecule has 0 spiro atoms. The predicted molar refractivity (Wildman–Crippen MR) is 108 cm³/mol. The van der Waals surface area contributed by atoms with Crippen molar-refractivity contribution in [2.24, 2.45) is 5.41 Å². The number of halogens is 2. The first-order chi connectivity index (χ1) is 13.0. The van der Waals surface area contributed by atoms with Gasteiger partial charge in [-0.15, -0.1) is 0 Å². The monoisotopic (exact) mass is 370 g/mol. The second-order valence-electron chi connectivity index (χ2n) is 7.74. The van der Waals surface area contributed by atoms with Crippen molar-refractivity contribution in [1.29, 1.82) is 0 Å². The van der Waals surface area contributed by atoms with E-state index in [4.69, 9.17) is 4.74 Å². The maximum absolute atomic E-state index is 14.4. The topological polar surface area (TPSA) is 9.23 Å². The molecule has 0 saturated heterocycles. The summed E-state index contributed by atoms with van der Waals surface area (Å²) in [6, 6.07) is 10.8. The Kier molecular flexibility index (Phi) is 5.98. The standard InChI is InChI=1S/C24H28F2O/c1-4-14-24(3)15-12-18(13-16-24)17-6-8-19(9-7-17)20-10-11-21(27-5-2)23(26)22(20)25/h6-12H,4-5,13-16H2,1-3H3. The third-order valence-electron chi connectivity index (χ3n) is 5.61. The van der Waals surface area contributed by atoms with E-state index >= 15 is 0 Å². The van der Waals surface area contributed by atoms with Gasteiger partial charge in [0.2, 0.25) is 5.82 Å². The molecule has 1 unspecified atom stereocenters. The van der Waals surface area contributed by atoms with E-state index in [2.05, 4.69) is 19.9 Å². The average Bonchev–Trinajstić information content (AvgIpc) is 2.67. The number of hydrogen-bond acceptors (Lipinski definition) is 1. The zero-order chi connectivity index (χ0) is 19.4. The van der Waals surface area contributed by atoms with Gasteiger partial charge in [-0.25, -0.2) is 4.39 Å². The highest BCUT2D eigenvalue weighted by molar-refractivity contribution is 5.71. The molecule has 3 heteroatoms. The lowest BCUT2D eigenvalue weighted by Gasteiger charge is -2.32. The zero-order valence-electron chi connectivity index (χ0n) is 16.4. The Morgan fingerprint density at radius 3 is 2.26 bits per heavy atom. The van der Waals surface area contributed by atoms with Gasteiger partial charge >= 0.3 is 0 Å². The molecule has 0 saturated carbocycles. The molecule has 144 valence electrons. The Balaban J connectivity index is 1.81. The summed E-state index contributed by atoms with van der Waals surface area (Å²) in [4.78, 5) is 0. The molecule has 2 aromatic carbocycles. The molecule has 0 aliphatic heterocycles. The third-order valence-corrected chi connectivity index (χ3v) is 5.61. The fourth-order valence-electron chi connectivity index (χ4n) is 3.99. The Morgan fingerprint density at radius 2 is 1.67 bits per heavy atom. The highest BCUT2D eigenvalue weighted by Crippen LogP contribution is 2.41. The van der Waals surface area contributed by atoms with Crippen LogP contribution in [0.1, 0.15) is 58.4 Å². The lowest BCUT2D eigenvalue weighted by atomic mass is 9.73. The van der Waals surface area contributed by atoms with Crippen molar-refractivity contribution in [2.45, 2.75) is 52.9 Å². The summed E-state index contributed by atoms with van der Waals surface area (Å²) in [5.41, 5.74) is 3.87. The maximum atomic E-state index is 14.4. The molecule has 1 nitrogen and oxygen atoms in total. The molecule has 0 fully saturated rings. The fourth-order valence-corrected chi connectivity index (χ4v) is 3.99. The molecular formula is C24H28F2O. The molecule has 0 radical (unpaired) electrons. The van der Waals surface area contributed by atoms with Gasteiger partial charge in [0.05, 0.1) is 6.61 Å². The molecule has 0 bridgehead atoms. The quantitative estimate of drug-likeness (QED) is 0.514. The summed E-state index contributed by atoms with van der Waals surface area (Å²) in [6.07, 6.45) is 8.22. The van der Waals surface area contributed by atoms with Gasteiger partial charge in [0, 0.05) is 5.56 Å². The Labute approximate surface area is 161 Å². The van der Waals surface area contributed by atoms with Crippen LogP contribution in [0, 0.1) is 17.0 Å². The number of benzene rings is 2. The number of allylic oxidation sites excluding steroid dienone is 2. The van der Waals surface area contributed by atoms with Gasteiger partial charge < -0.3 is 4.74 Å². The van der Waals surface area contributed by atoms with Gasteiger partial charge in [-0.3, -0.25) is 0 Å². The van der Waals surface area contributed by atoms with Crippen LogP contribution in [0.4, 0.5) is 8.78 Å². The SMILES string of the molecule is CCCC1(C)CC=C(c2ccc(-c3ccc(OCC)c(F)c3F)cc2)CC1. The summed E-state index contributed by atoms with van der Waals surface area (Å²) in [5, 5.41) is 0. The molecule has 1 atom stereocenters. The molecular weight excluding hydrogens is 342 g/mol. The van der Waals surface area contributed by atoms with Crippen LogP contribution in [0.2, 0.25) is 0 Å². The van der Waals surface area contributed by atoms with Crippen LogP contribution in [-0.2, 0) is 0 Å². The molecule has 27 heavy (non-hydrogen) atoms. The molecule has 2 aromatic rings. The Bertz CT molecular complexity index is 823. The van der Waals surface area contributed by atoms with Crippen LogP contribution < -0.4 is 4.74 Å². The van der Waals surface area contributed by atoms with Gasteiger partial charge in [-0.1, -0.05) is 50.6 Å². The first kappa shape index (κ1) is 19.6. The average molecular weight is 370 g/mol. The van der Waals surface area contributed by atoms with Crippen molar-refractivity contribution in [2.75, 3.05) is 6.61 Å². The van der Waals surface area contributed by atoms with Gasteiger partial charge in [0.1, 0.15) is 0 Å². The lowest BCUT2D eigenvalue weighted by Crippen LogP contribution is -2.18. The van der Waals surface area contributed by atoms with E-state index in [0.717, 1.165) is 12.8 Å². The van der Waals surface area contributed by atoms with Crippen LogP contribution in [0.3, 0.4) is 0 Å². The fraction of sp³-hybridized carbons (Fsp3) is 0.417. The van der Waals surface area contributed by atoms with E-state index in [1.54, 1.807) is 13.0 Å². The molecule has 0 N–H and O–H groups in total. The Hall–Kier alpha value is -2.16. The van der Waals surface area contributed by atoms with E-state index in [1.165, 1.54) is 36.5 Å². The molecule has 3 rings (SSSR count). The smallest absolute Gasteiger partial charge is 0.201 e. The van der Waals surface area contributed by atoms with E-state index < -0.39 is 11.6 Å². The molecule has 1 aliphatic rings. The van der Waals surface area contributed by atoms with Crippen molar-refractivity contribution in [3.63, 3.8) is 0 Å². The lowest BCUT2D eigenvalue weighted by molar-refractivity contribution is 0.268. The summed E-state index contributed by atoms with van der Waals surface area (Å²) >= 11 is 0. The van der Waals surface area contributed by atoms with E-state index in [9.17, 15) is 8.78 Å². The maximum Gasteiger partial charge on any atom is 0.201 e. The number of hydrogen-bond donors (Lipinski definition) is 0. The van der Waals surface area contributed by atoms with E-state index in [0.29, 0.717) is 17.6 Å². The van der Waals surface area contributed by atoms with Crippen LogP contribution in [-0.4, -0.2) is 6.61 Å². The van der Waals surface area contributed by atoms with Gasteiger partial charge in [-0.05, 0) is 66.9 Å². The normalized spacial score (nSPS) is 19.7. The van der Waals surface area contributed by atoms with E-state index in [-0.39, 0.29) is 11.3 Å². The Morgan fingerprint density at radius 1 is 0.963 bits per heavy atom. The van der Waals surface area contributed by atoms with Crippen molar-refractivity contribution in [3.8, 4) is 16.9 Å². The summed E-state index contributed by atoms with van der Waals surface area (Å²) in [5.74, 6) is -1.83. The minimum atomic E-state index is -0.927. The van der Waals surface area contributed by atoms with E-state index in [1.807, 2.05) is 24.3 Å². The first-order valence-corrected chi connectivity index (χ1v) is 9.88. The highest BCUT2D eigenvalue weighted by Gasteiger charge is 2.26. The van der Waals surface area contributed by atoms with Gasteiger partial charge in [0.15, 0.2) is 11.6 Å². The van der Waals surface area contributed by atoms with Crippen LogP contribution in [0.5, 0.6) is 5.75 Å². The van der Waals surface area contributed by atoms with Crippen LogP contribution in [0.15, 0.2) is 42.5 Å². The summed E-state index contributed by atoms with van der Waals surface area (Å²) in [6.45, 7) is 6.66. The van der Waals surface area contributed by atoms with Crippen LogP contribution >= 0.6 is 0 Å². The van der Waals surface area contributed by atoms with Crippen molar-refractivity contribution in [1.82, 2.24) is 0 Å². The van der Waals surface area contributed by atoms with Gasteiger partial charge in [-0.2, -0.15) is 4.39 Å². The highest BCUT2D eigenvalue weighted by atomic mass is 19.2. The third kappa shape index (κ3) is 4.23. The van der Waals surface area contributed by atoms with Gasteiger partial charge in [0.25, 0.3) is 0 Å². The zero-order valence-corrected chi connectivity index (χ0v) is 16.4. The second-order valence-corrected chi connectivity index (χ2v) is 7.74. The summed E-state index contributed by atoms with van der Waals surface area (Å²) in [7, 11) is 0. The van der Waals surface area contributed by atoms with Crippen molar-refractivity contribution >= 4 is 5.57 Å². The number of ether oxygens (including phenoxy) is 1. The molecule has 1 aliphatic carbocycles. The van der Waals surface area contributed by atoms with Crippen molar-refractivity contribution < 1.29 is 13.5 Å². The molecule has 0 aromatic heterocycles.